The number of phenolic OH excluding ortho intramolecular Hbond substituents is 1. The molecule has 0 unspecified atom stereocenters. The zero-order valence-electron chi connectivity index (χ0n) is 9.93. The molecular formula is C12H16N2O3. The van der Waals surface area contributed by atoms with Gasteiger partial charge in [-0.2, -0.15) is 5.10 Å². The number of aromatic hydroxyl groups is 1. The molecule has 1 amide bonds. The largest absolute Gasteiger partial charge is 0.507 e. The molecule has 0 fully saturated rings. The molecular weight excluding hydrogens is 220 g/mol. The third-order valence-corrected chi connectivity index (χ3v) is 2.11. The smallest absolute Gasteiger partial charge is 0.427 e. The van der Waals surface area contributed by atoms with E-state index in [-0.39, 0.29) is 5.75 Å². The lowest BCUT2D eigenvalue weighted by atomic mass is 10.1. The summed E-state index contributed by atoms with van der Waals surface area (Å²) in [5.74, 6) is 0.138. The Labute approximate surface area is 100 Å². The zero-order chi connectivity index (χ0) is 12.7. The van der Waals surface area contributed by atoms with Gasteiger partial charge in [0, 0.05) is 5.56 Å². The molecule has 0 heterocycles. The molecule has 0 aliphatic heterocycles. The summed E-state index contributed by atoms with van der Waals surface area (Å²) in [5.41, 5.74) is 3.47. The number of nitrogens with one attached hydrogen (secondary N) is 1. The van der Waals surface area contributed by atoms with Gasteiger partial charge in [0.1, 0.15) is 5.75 Å². The van der Waals surface area contributed by atoms with Gasteiger partial charge >= 0.3 is 6.09 Å². The average Bonchev–Trinajstić information content (AvgIpc) is 2.32. The van der Waals surface area contributed by atoms with Crippen molar-refractivity contribution in [1.29, 1.82) is 0 Å². The van der Waals surface area contributed by atoms with E-state index in [1.165, 1.54) is 0 Å². The van der Waals surface area contributed by atoms with Crippen LogP contribution in [-0.2, 0) is 4.74 Å². The van der Waals surface area contributed by atoms with Crippen LogP contribution in [0.2, 0.25) is 0 Å². The van der Waals surface area contributed by atoms with Crippen molar-refractivity contribution in [2.24, 2.45) is 5.10 Å². The monoisotopic (exact) mass is 236 g/mol. The lowest BCUT2D eigenvalue weighted by Crippen LogP contribution is -2.20. The standard InChI is InChI=1S/C12H16N2O3/c1-3-10(13-14-12(16)17-4-2)9-7-5-6-8-11(9)15/h5-8,15H,3-4H2,1-2H3,(H,14,16)/b13-10+. The summed E-state index contributed by atoms with van der Waals surface area (Å²) in [6, 6.07) is 6.84. The van der Waals surface area contributed by atoms with Gasteiger partial charge < -0.3 is 9.84 Å². The molecule has 0 bridgehead atoms. The number of hydrogen-bond acceptors (Lipinski definition) is 4. The van der Waals surface area contributed by atoms with Crippen molar-refractivity contribution in [3.8, 4) is 5.75 Å². The summed E-state index contributed by atoms with van der Waals surface area (Å²) >= 11 is 0. The quantitative estimate of drug-likeness (QED) is 0.622. The lowest BCUT2D eigenvalue weighted by molar-refractivity contribution is 0.152. The van der Waals surface area contributed by atoms with E-state index in [0.29, 0.717) is 24.3 Å². The number of rotatable bonds is 4. The first-order chi connectivity index (χ1) is 8.19. The predicted molar refractivity (Wildman–Crippen MR) is 65.1 cm³/mol. The maximum Gasteiger partial charge on any atom is 0.427 e. The molecule has 0 aliphatic rings. The fourth-order valence-electron chi connectivity index (χ4n) is 1.32. The highest BCUT2D eigenvalue weighted by Gasteiger charge is 2.07. The normalized spacial score (nSPS) is 11.1. The Balaban J connectivity index is 2.81. The molecule has 0 saturated carbocycles. The van der Waals surface area contributed by atoms with Gasteiger partial charge in [-0.3, -0.25) is 0 Å². The summed E-state index contributed by atoms with van der Waals surface area (Å²) in [6.45, 7) is 3.89. The Morgan fingerprint density at radius 1 is 1.41 bits per heavy atom. The topological polar surface area (TPSA) is 70.9 Å². The summed E-state index contributed by atoms with van der Waals surface area (Å²) in [7, 11) is 0. The van der Waals surface area contributed by atoms with Crippen molar-refractivity contribution in [2.75, 3.05) is 6.61 Å². The SMILES string of the molecule is CCOC(=O)N/N=C(\CC)c1ccccc1O. The van der Waals surface area contributed by atoms with Crippen LogP contribution in [0.5, 0.6) is 5.75 Å². The van der Waals surface area contributed by atoms with Crippen molar-refractivity contribution in [3.05, 3.63) is 29.8 Å². The maximum atomic E-state index is 11.1. The van der Waals surface area contributed by atoms with E-state index in [0.717, 1.165) is 0 Å². The number of hydrazone groups is 1. The molecule has 0 aromatic heterocycles. The van der Waals surface area contributed by atoms with Gasteiger partial charge in [0.25, 0.3) is 0 Å². The van der Waals surface area contributed by atoms with Crippen molar-refractivity contribution in [2.45, 2.75) is 20.3 Å². The first-order valence-corrected chi connectivity index (χ1v) is 5.46. The van der Waals surface area contributed by atoms with Gasteiger partial charge in [0.15, 0.2) is 0 Å². The number of hydrogen-bond donors (Lipinski definition) is 2. The van der Waals surface area contributed by atoms with E-state index in [2.05, 4.69) is 15.3 Å². The van der Waals surface area contributed by atoms with Gasteiger partial charge in [-0.05, 0) is 25.5 Å². The minimum absolute atomic E-state index is 0.138. The summed E-state index contributed by atoms with van der Waals surface area (Å²) in [4.78, 5) is 11.1. The highest BCUT2D eigenvalue weighted by molar-refractivity contribution is 6.02. The third kappa shape index (κ3) is 3.79. The van der Waals surface area contributed by atoms with Crippen LogP contribution >= 0.6 is 0 Å². The van der Waals surface area contributed by atoms with Gasteiger partial charge in [0.2, 0.25) is 0 Å². The first-order valence-electron chi connectivity index (χ1n) is 5.46. The van der Waals surface area contributed by atoms with Crippen molar-refractivity contribution >= 4 is 11.8 Å². The number of phenols is 1. The van der Waals surface area contributed by atoms with E-state index < -0.39 is 6.09 Å². The van der Waals surface area contributed by atoms with Gasteiger partial charge in [-0.25, -0.2) is 10.2 Å². The Hall–Kier alpha value is -2.04. The Morgan fingerprint density at radius 2 is 2.12 bits per heavy atom. The van der Waals surface area contributed by atoms with E-state index in [4.69, 9.17) is 0 Å². The van der Waals surface area contributed by atoms with E-state index in [9.17, 15) is 9.90 Å². The molecule has 1 aromatic rings. The van der Waals surface area contributed by atoms with Gasteiger partial charge in [-0.1, -0.05) is 19.1 Å². The molecule has 0 spiro atoms. The molecule has 5 heteroatoms. The number of ether oxygens (including phenoxy) is 1. The first kappa shape index (κ1) is 13.0. The number of benzene rings is 1. The summed E-state index contributed by atoms with van der Waals surface area (Å²) < 4.78 is 4.68. The molecule has 2 N–H and O–H groups in total. The molecule has 0 saturated heterocycles. The Bertz CT molecular complexity index is 416. The van der Waals surface area contributed by atoms with Gasteiger partial charge in [0.05, 0.1) is 12.3 Å². The third-order valence-electron chi connectivity index (χ3n) is 2.11. The minimum Gasteiger partial charge on any atom is -0.507 e. The van der Waals surface area contributed by atoms with Crippen LogP contribution in [-0.4, -0.2) is 23.5 Å². The van der Waals surface area contributed by atoms with Crippen LogP contribution in [0.1, 0.15) is 25.8 Å². The number of carbonyl (C=O) groups excluding carboxylic acids is 1. The van der Waals surface area contributed by atoms with Gasteiger partial charge in [-0.15, -0.1) is 0 Å². The van der Waals surface area contributed by atoms with Crippen molar-refractivity contribution in [1.82, 2.24) is 5.43 Å². The van der Waals surface area contributed by atoms with Crippen LogP contribution < -0.4 is 5.43 Å². The van der Waals surface area contributed by atoms with Crippen LogP contribution in [0.25, 0.3) is 0 Å². The molecule has 1 rings (SSSR count). The van der Waals surface area contributed by atoms with Crippen LogP contribution in [0.3, 0.4) is 0 Å². The zero-order valence-corrected chi connectivity index (χ0v) is 9.93. The second-order valence-corrected chi connectivity index (χ2v) is 3.26. The predicted octanol–water partition coefficient (Wildman–Crippen LogP) is 2.25. The number of amides is 1. The maximum absolute atomic E-state index is 11.1. The molecule has 0 atom stereocenters. The van der Waals surface area contributed by atoms with Crippen LogP contribution in [0.4, 0.5) is 4.79 Å². The Kier molecular flexibility index (Phi) is 5.00. The summed E-state index contributed by atoms with van der Waals surface area (Å²) in [6.07, 6.45) is -0.0156. The molecule has 0 radical (unpaired) electrons. The number of para-hydroxylation sites is 1. The molecule has 17 heavy (non-hydrogen) atoms. The fourth-order valence-corrected chi connectivity index (χ4v) is 1.32. The molecule has 1 aromatic carbocycles. The van der Waals surface area contributed by atoms with Crippen molar-refractivity contribution < 1.29 is 14.6 Å². The molecule has 92 valence electrons. The second-order valence-electron chi connectivity index (χ2n) is 3.26. The Morgan fingerprint density at radius 3 is 2.71 bits per heavy atom. The van der Waals surface area contributed by atoms with Crippen molar-refractivity contribution in [3.63, 3.8) is 0 Å². The highest BCUT2D eigenvalue weighted by atomic mass is 16.5. The fraction of sp³-hybridized carbons (Fsp3) is 0.333. The summed E-state index contributed by atoms with van der Waals surface area (Å²) in [5, 5.41) is 13.6. The number of nitrogens with zero attached hydrogens (tertiary/aromatic N) is 1. The van der Waals surface area contributed by atoms with Crippen LogP contribution in [0, 0.1) is 0 Å². The average molecular weight is 236 g/mol. The molecule has 5 nitrogen and oxygen atoms in total. The van der Waals surface area contributed by atoms with E-state index in [1.807, 2.05) is 6.92 Å². The number of carbonyl (C=O) groups is 1. The highest BCUT2D eigenvalue weighted by Crippen LogP contribution is 2.17. The van der Waals surface area contributed by atoms with Crippen LogP contribution in [0.15, 0.2) is 29.4 Å². The second kappa shape index (κ2) is 6.52. The molecule has 0 aliphatic carbocycles. The van der Waals surface area contributed by atoms with E-state index in [1.54, 1.807) is 31.2 Å². The van der Waals surface area contributed by atoms with E-state index >= 15 is 0 Å². The minimum atomic E-state index is -0.603. The lowest BCUT2D eigenvalue weighted by Gasteiger charge is -2.06.